The Kier molecular flexibility index (Phi) is 7.17. The lowest BCUT2D eigenvalue weighted by molar-refractivity contribution is -0.122. The topological polar surface area (TPSA) is 49.3 Å². The minimum Gasteiger partial charge on any atom is -0.387 e. The Balaban J connectivity index is 2.42. The monoisotopic (exact) mass is 335 g/mol. The number of hydrogen-bond donors (Lipinski definition) is 2. The molecule has 2 N–H and O–H groups in total. The van der Waals surface area contributed by atoms with E-state index in [9.17, 15) is 9.90 Å². The van der Waals surface area contributed by atoms with Crippen LogP contribution in [0, 0.1) is 0 Å². The van der Waals surface area contributed by atoms with Crippen molar-refractivity contribution >= 4 is 40.9 Å². The summed E-state index contributed by atoms with van der Waals surface area (Å²) in [5.41, 5.74) is -0.0341. The van der Waals surface area contributed by atoms with Gasteiger partial charge >= 0.3 is 0 Å². The third kappa shape index (κ3) is 5.92. The van der Waals surface area contributed by atoms with Gasteiger partial charge in [-0.25, -0.2) is 0 Å². The predicted molar refractivity (Wildman–Crippen MR) is 86.8 cm³/mol. The number of carbonyl (C=O) groups excluding carboxylic acids is 1. The fourth-order valence-electron chi connectivity index (χ4n) is 1.73. The van der Waals surface area contributed by atoms with Gasteiger partial charge in [-0.05, 0) is 31.2 Å². The molecule has 20 heavy (non-hydrogen) atoms. The first-order chi connectivity index (χ1) is 9.35. The standard InChI is InChI=1S/C14H19Cl2NO2S/c1-14(19,9-20-2)8-17-12(18)7-6-10-4-3-5-11(15)13(10)16/h3-5,19H,6-9H2,1-2H3,(H,17,18). The maximum Gasteiger partial charge on any atom is 0.220 e. The molecule has 0 aliphatic rings. The van der Waals surface area contributed by atoms with Crippen molar-refractivity contribution in [2.75, 3.05) is 18.6 Å². The molecule has 0 heterocycles. The zero-order valence-corrected chi connectivity index (χ0v) is 13.9. The molecule has 1 atom stereocenters. The van der Waals surface area contributed by atoms with Gasteiger partial charge in [0.05, 0.1) is 15.6 Å². The van der Waals surface area contributed by atoms with Gasteiger partial charge in [0, 0.05) is 18.7 Å². The summed E-state index contributed by atoms with van der Waals surface area (Å²) in [6.45, 7) is 1.95. The van der Waals surface area contributed by atoms with Gasteiger partial charge in [-0.15, -0.1) is 0 Å². The Labute approximate surface area is 134 Å². The Morgan fingerprint density at radius 3 is 2.80 bits per heavy atom. The van der Waals surface area contributed by atoms with E-state index in [-0.39, 0.29) is 12.5 Å². The summed E-state index contributed by atoms with van der Waals surface area (Å²) in [4.78, 5) is 11.8. The number of aliphatic hydroxyl groups is 1. The van der Waals surface area contributed by atoms with E-state index in [1.807, 2.05) is 18.4 Å². The van der Waals surface area contributed by atoms with Crippen LogP contribution in [0.3, 0.4) is 0 Å². The first-order valence-corrected chi connectivity index (χ1v) is 8.41. The molecule has 0 aliphatic heterocycles. The fraction of sp³-hybridized carbons (Fsp3) is 0.500. The van der Waals surface area contributed by atoms with Crippen LogP contribution < -0.4 is 5.32 Å². The number of aryl methyl sites for hydroxylation is 1. The van der Waals surface area contributed by atoms with Crippen molar-refractivity contribution in [3.05, 3.63) is 33.8 Å². The zero-order chi connectivity index (χ0) is 15.2. The highest BCUT2D eigenvalue weighted by atomic mass is 35.5. The Hall–Kier alpha value is -0.420. The van der Waals surface area contributed by atoms with Crippen molar-refractivity contribution in [2.45, 2.75) is 25.4 Å². The quantitative estimate of drug-likeness (QED) is 0.804. The Morgan fingerprint density at radius 1 is 1.45 bits per heavy atom. The highest BCUT2D eigenvalue weighted by Gasteiger charge is 2.20. The number of thioether (sulfide) groups is 1. The van der Waals surface area contributed by atoms with Crippen molar-refractivity contribution in [1.82, 2.24) is 5.32 Å². The van der Waals surface area contributed by atoms with Gasteiger partial charge in [0.2, 0.25) is 5.91 Å². The van der Waals surface area contributed by atoms with Crippen molar-refractivity contribution in [3.63, 3.8) is 0 Å². The summed E-state index contributed by atoms with van der Waals surface area (Å²) in [6, 6.07) is 5.38. The number of hydrogen-bond acceptors (Lipinski definition) is 3. The molecule has 1 aromatic rings. The second kappa shape index (κ2) is 8.13. The summed E-state index contributed by atoms with van der Waals surface area (Å²) in [6.07, 6.45) is 2.75. The molecule has 0 aliphatic carbocycles. The molecular formula is C14H19Cl2NO2S. The average Bonchev–Trinajstić information content (AvgIpc) is 2.38. The van der Waals surface area contributed by atoms with E-state index in [0.29, 0.717) is 28.6 Å². The van der Waals surface area contributed by atoms with Crippen LogP contribution in [-0.2, 0) is 11.2 Å². The van der Waals surface area contributed by atoms with Crippen molar-refractivity contribution in [2.24, 2.45) is 0 Å². The lowest BCUT2D eigenvalue weighted by Crippen LogP contribution is -2.42. The third-order valence-electron chi connectivity index (χ3n) is 2.77. The lowest BCUT2D eigenvalue weighted by Gasteiger charge is -2.22. The molecule has 1 aromatic carbocycles. The smallest absolute Gasteiger partial charge is 0.220 e. The van der Waals surface area contributed by atoms with Crippen molar-refractivity contribution < 1.29 is 9.90 Å². The van der Waals surface area contributed by atoms with E-state index in [1.165, 1.54) is 0 Å². The van der Waals surface area contributed by atoms with Gasteiger partial charge in [0.15, 0.2) is 0 Å². The molecule has 0 saturated carbocycles. The van der Waals surface area contributed by atoms with Crippen LogP contribution in [0.2, 0.25) is 10.0 Å². The van der Waals surface area contributed by atoms with Gasteiger partial charge in [-0.3, -0.25) is 4.79 Å². The highest BCUT2D eigenvalue weighted by molar-refractivity contribution is 7.98. The van der Waals surface area contributed by atoms with Gasteiger partial charge in [0.25, 0.3) is 0 Å². The first kappa shape index (κ1) is 17.6. The predicted octanol–water partition coefficient (Wildman–Crippen LogP) is 3.16. The van der Waals surface area contributed by atoms with Crippen molar-refractivity contribution in [1.29, 1.82) is 0 Å². The van der Waals surface area contributed by atoms with Crippen LogP contribution in [0.1, 0.15) is 18.9 Å². The molecule has 0 fully saturated rings. The molecule has 112 valence electrons. The average molecular weight is 336 g/mol. The zero-order valence-electron chi connectivity index (χ0n) is 11.6. The number of amides is 1. The summed E-state index contributed by atoms with van der Waals surface area (Å²) in [5, 5.41) is 13.7. The number of rotatable bonds is 7. The number of carbonyl (C=O) groups is 1. The van der Waals surface area contributed by atoms with Crippen LogP contribution in [0.4, 0.5) is 0 Å². The molecule has 6 heteroatoms. The molecule has 0 saturated heterocycles. The largest absolute Gasteiger partial charge is 0.387 e. The molecule has 1 amide bonds. The molecule has 0 spiro atoms. The Bertz CT molecular complexity index is 466. The SMILES string of the molecule is CSCC(C)(O)CNC(=O)CCc1cccc(Cl)c1Cl. The van der Waals surface area contributed by atoms with Crippen molar-refractivity contribution in [3.8, 4) is 0 Å². The van der Waals surface area contributed by atoms with E-state index in [0.717, 1.165) is 5.56 Å². The fourth-order valence-corrected chi connectivity index (χ4v) is 2.87. The summed E-state index contributed by atoms with van der Waals surface area (Å²) >= 11 is 13.5. The summed E-state index contributed by atoms with van der Waals surface area (Å²) in [5.74, 6) is 0.468. The molecule has 1 unspecified atom stereocenters. The maximum atomic E-state index is 11.8. The van der Waals surface area contributed by atoms with Crippen LogP contribution in [0.25, 0.3) is 0 Å². The molecule has 0 radical (unpaired) electrons. The van der Waals surface area contributed by atoms with Gasteiger partial charge in [0.1, 0.15) is 0 Å². The first-order valence-electron chi connectivity index (χ1n) is 6.26. The van der Waals surface area contributed by atoms with E-state index in [4.69, 9.17) is 23.2 Å². The number of benzene rings is 1. The molecular weight excluding hydrogens is 317 g/mol. The van der Waals surface area contributed by atoms with Gasteiger partial charge in [-0.1, -0.05) is 35.3 Å². The highest BCUT2D eigenvalue weighted by Crippen LogP contribution is 2.26. The van der Waals surface area contributed by atoms with Crippen LogP contribution >= 0.6 is 35.0 Å². The molecule has 0 bridgehead atoms. The lowest BCUT2D eigenvalue weighted by atomic mass is 10.1. The summed E-state index contributed by atoms with van der Waals surface area (Å²) in [7, 11) is 0. The van der Waals surface area contributed by atoms with E-state index < -0.39 is 5.60 Å². The van der Waals surface area contributed by atoms with Gasteiger partial charge < -0.3 is 10.4 Å². The van der Waals surface area contributed by atoms with Crippen LogP contribution in [0.5, 0.6) is 0 Å². The van der Waals surface area contributed by atoms with E-state index in [2.05, 4.69) is 5.32 Å². The minimum absolute atomic E-state index is 0.109. The van der Waals surface area contributed by atoms with Crippen LogP contribution in [0.15, 0.2) is 18.2 Å². The maximum absolute atomic E-state index is 11.8. The van der Waals surface area contributed by atoms with E-state index >= 15 is 0 Å². The number of halogens is 2. The Morgan fingerprint density at radius 2 is 2.15 bits per heavy atom. The van der Waals surface area contributed by atoms with Gasteiger partial charge in [-0.2, -0.15) is 11.8 Å². The molecule has 1 rings (SSSR count). The normalized spacial score (nSPS) is 13.8. The second-order valence-corrected chi connectivity index (χ2v) is 6.57. The summed E-state index contributed by atoms with van der Waals surface area (Å²) < 4.78 is 0. The van der Waals surface area contributed by atoms with Crippen LogP contribution in [-0.4, -0.2) is 35.2 Å². The second-order valence-electron chi connectivity index (χ2n) is 4.92. The number of nitrogens with one attached hydrogen (secondary N) is 1. The minimum atomic E-state index is -0.886. The molecule has 0 aromatic heterocycles. The molecule has 3 nitrogen and oxygen atoms in total. The third-order valence-corrected chi connectivity index (χ3v) is 4.54. The van der Waals surface area contributed by atoms with E-state index in [1.54, 1.807) is 24.8 Å².